The van der Waals surface area contributed by atoms with Gasteiger partial charge in [0.2, 0.25) is 0 Å². The molecule has 0 unspecified atom stereocenters. The molecule has 2 saturated heterocycles. The average molecular weight is 397 g/mol. The zero-order valence-corrected chi connectivity index (χ0v) is 15.5. The largest absolute Gasteiger partial charge is 0.506 e. The fourth-order valence-corrected chi connectivity index (χ4v) is 4.28. The van der Waals surface area contributed by atoms with Crippen molar-refractivity contribution < 1.29 is 23.1 Å². The van der Waals surface area contributed by atoms with E-state index in [1.54, 1.807) is 6.07 Å². The predicted octanol–water partition coefficient (Wildman–Crippen LogP) is -0.833. The molecule has 0 radical (unpaired) electrons. The standard InChI is InChI=1S/C16H23N5O5S/c22-14-9-11(1-2-13(14)21-10-15(23)20-27(21,25)26)3-8-18-16(24)19-12-4-6-17-7-5-12/h1-2,9,12,17,22H,3-8,10H2,(H,20,23)(H2,18,19,24). The van der Waals surface area contributed by atoms with E-state index in [4.69, 9.17) is 0 Å². The molecule has 3 amide bonds. The molecule has 2 aliphatic rings. The number of phenolic OH excluding ortho intramolecular Hbond substituents is 1. The van der Waals surface area contributed by atoms with E-state index in [0.717, 1.165) is 35.8 Å². The first kappa shape index (κ1) is 19.2. The second-order valence-corrected chi connectivity index (χ2v) is 8.13. The summed E-state index contributed by atoms with van der Waals surface area (Å²) < 4.78 is 26.4. The Morgan fingerprint density at radius 3 is 2.67 bits per heavy atom. The van der Waals surface area contributed by atoms with Crippen molar-refractivity contribution in [2.75, 3.05) is 30.5 Å². The quantitative estimate of drug-likeness (QED) is 0.439. The molecule has 27 heavy (non-hydrogen) atoms. The van der Waals surface area contributed by atoms with Crippen molar-refractivity contribution in [3.63, 3.8) is 0 Å². The number of phenols is 1. The van der Waals surface area contributed by atoms with Crippen LogP contribution < -0.4 is 25.0 Å². The summed E-state index contributed by atoms with van der Waals surface area (Å²) in [5.41, 5.74) is 0.767. The monoisotopic (exact) mass is 397 g/mol. The van der Waals surface area contributed by atoms with Crippen LogP contribution in [-0.4, -0.2) is 57.7 Å². The number of nitrogens with one attached hydrogen (secondary N) is 4. The van der Waals surface area contributed by atoms with Gasteiger partial charge in [0.05, 0.1) is 5.69 Å². The van der Waals surface area contributed by atoms with Crippen molar-refractivity contribution in [1.29, 1.82) is 0 Å². The van der Waals surface area contributed by atoms with E-state index in [1.807, 2.05) is 4.72 Å². The van der Waals surface area contributed by atoms with Gasteiger partial charge in [-0.1, -0.05) is 6.07 Å². The maximum atomic E-state index is 11.9. The molecule has 0 aliphatic carbocycles. The molecule has 2 fully saturated rings. The lowest BCUT2D eigenvalue weighted by Crippen LogP contribution is -2.47. The fraction of sp³-hybridized carbons (Fsp3) is 0.500. The summed E-state index contributed by atoms with van der Waals surface area (Å²) in [6.07, 6.45) is 2.27. The highest BCUT2D eigenvalue weighted by molar-refractivity contribution is 7.92. The van der Waals surface area contributed by atoms with Gasteiger partial charge in [0.25, 0.3) is 5.91 Å². The summed E-state index contributed by atoms with van der Waals surface area (Å²) >= 11 is 0. The van der Waals surface area contributed by atoms with E-state index in [-0.39, 0.29) is 30.1 Å². The van der Waals surface area contributed by atoms with E-state index in [0.29, 0.717) is 13.0 Å². The second kappa shape index (κ2) is 8.01. The van der Waals surface area contributed by atoms with Crippen LogP contribution in [0.4, 0.5) is 10.5 Å². The molecule has 0 atom stereocenters. The van der Waals surface area contributed by atoms with Crippen LogP contribution >= 0.6 is 0 Å². The number of amides is 3. The summed E-state index contributed by atoms with van der Waals surface area (Å²) in [5.74, 6) is -0.894. The summed E-state index contributed by atoms with van der Waals surface area (Å²) in [6.45, 7) is 1.79. The Labute approximate surface area is 157 Å². The smallest absolute Gasteiger partial charge is 0.326 e. The van der Waals surface area contributed by atoms with Crippen LogP contribution in [-0.2, 0) is 21.4 Å². The van der Waals surface area contributed by atoms with E-state index >= 15 is 0 Å². The molecule has 0 spiro atoms. The first-order valence-corrected chi connectivity index (χ1v) is 10.2. The Bertz CT molecular complexity index is 822. The lowest BCUT2D eigenvalue weighted by Gasteiger charge is -2.23. The van der Waals surface area contributed by atoms with Crippen molar-refractivity contribution in [3.8, 4) is 5.75 Å². The number of carbonyl (C=O) groups excluding carboxylic acids is 2. The number of aromatic hydroxyl groups is 1. The lowest BCUT2D eigenvalue weighted by molar-refractivity contribution is -0.117. The summed E-state index contributed by atoms with van der Waals surface area (Å²) in [6, 6.07) is 4.47. The van der Waals surface area contributed by atoms with Crippen molar-refractivity contribution in [3.05, 3.63) is 23.8 Å². The molecule has 11 heteroatoms. The van der Waals surface area contributed by atoms with Crippen molar-refractivity contribution >= 4 is 27.8 Å². The van der Waals surface area contributed by atoms with Crippen LogP contribution in [0.25, 0.3) is 0 Å². The number of urea groups is 1. The predicted molar refractivity (Wildman–Crippen MR) is 98.6 cm³/mol. The molecule has 2 heterocycles. The number of piperidine rings is 1. The minimum absolute atomic E-state index is 0.0358. The van der Waals surface area contributed by atoms with E-state index < -0.39 is 16.1 Å². The molecule has 148 valence electrons. The van der Waals surface area contributed by atoms with Crippen LogP contribution in [0.1, 0.15) is 18.4 Å². The van der Waals surface area contributed by atoms with Gasteiger partial charge in [0.15, 0.2) is 0 Å². The van der Waals surface area contributed by atoms with Gasteiger partial charge in [-0.15, -0.1) is 0 Å². The maximum absolute atomic E-state index is 11.9. The molecule has 5 N–H and O–H groups in total. The molecular weight excluding hydrogens is 374 g/mol. The minimum atomic E-state index is -3.96. The topological polar surface area (TPSA) is 140 Å². The molecule has 0 bridgehead atoms. The fourth-order valence-electron chi connectivity index (χ4n) is 3.12. The Kier molecular flexibility index (Phi) is 5.71. The SMILES string of the molecule is O=C1CN(c2ccc(CCNC(=O)NC3CCNCC3)cc2O)S(=O)(=O)N1. The van der Waals surface area contributed by atoms with Crippen molar-refractivity contribution in [1.82, 2.24) is 20.7 Å². The molecular formula is C16H23N5O5S. The Balaban J connectivity index is 1.52. The van der Waals surface area contributed by atoms with E-state index in [2.05, 4.69) is 16.0 Å². The third-order valence-corrected chi connectivity index (χ3v) is 5.89. The second-order valence-electron chi connectivity index (χ2n) is 6.53. The number of benzene rings is 1. The third kappa shape index (κ3) is 4.80. The van der Waals surface area contributed by atoms with Gasteiger partial charge in [-0.05, 0) is 50.0 Å². The number of anilines is 1. The van der Waals surface area contributed by atoms with Crippen molar-refractivity contribution in [2.24, 2.45) is 0 Å². The van der Waals surface area contributed by atoms with Gasteiger partial charge < -0.3 is 21.1 Å². The zero-order chi connectivity index (χ0) is 19.4. The number of nitrogens with zero attached hydrogens (tertiary/aromatic N) is 1. The van der Waals surface area contributed by atoms with Crippen LogP contribution in [0.15, 0.2) is 18.2 Å². The van der Waals surface area contributed by atoms with E-state index in [1.165, 1.54) is 12.1 Å². The van der Waals surface area contributed by atoms with Gasteiger partial charge in [-0.25, -0.2) is 13.8 Å². The Morgan fingerprint density at radius 2 is 2.04 bits per heavy atom. The number of rotatable bonds is 5. The van der Waals surface area contributed by atoms with Crippen molar-refractivity contribution in [2.45, 2.75) is 25.3 Å². The van der Waals surface area contributed by atoms with Crippen LogP contribution in [0.5, 0.6) is 5.75 Å². The first-order valence-electron chi connectivity index (χ1n) is 8.75. The lowest BCUT2D eigenvalue weighted by atomic mass is 10.1. The van der Waals surface area contributed by atoms with Gasteiger partial charge in [0, 0.05) is 12.6 Å². The molecule has 2 aliphatic heterocycles. The first-order chi connectivity index (χ1) is 12.8. The third-order valence-electron chi connectivity index (χ3n) is 4.50. The number of carbonyl (C=O) groups is 2. The maximum Gasteiger partial charge on any atom is 0.326 e. The van der Waals surface area contributed by atoms with Crippen LogP contribution in [0.2, 0.25) is 0 Å². The van der Waals surface area contributed by atoms with Gasteiger partial charge >= 0.3 is 16.2 Å². The zero-order valence-electron chi connectivity index (χ0n) is 14.7. The Hall–Kier alpha value is -2.53. The molecule has 10 nitrogen and oxygen atoms in total. The summed E-state index contributed by atoms with van der Waals surface area (Å²) in [7, 11) is -3.96. The molecule has 0 saturated carbocycles. The molecule has 3 rings (SSSR count). The normalized spacial score (nSPS) is 19.6. The summed E-state index contributed by atoms with van der Waals surface area (Å²) in [4.78, 5) is 23.2. The van der Waals surface area contributed by atoms with Gasteiger partial charge in [-0.2, -0.15) is 8.42 Å². The molecule has 1 aromatic carbocycles. The minimum Gasteiger partial charge on any atom is -0.506 e. The highest BCUT2D eigenvalue weighted by atomic mass is 32.2. The highest BCUT2D eigenvalue weighted by Crippen LogP contribution is 2.31. The highest BCUT2D eigenvalue weighted by Gasteiger charge is 2.35. The molecule has 1 aromatic rings. The Morgan fingerprint density at radius 1 is 1.30 bits per heavy atom. The van der Waals surface area contributed by atoms with Crippen LogP contribution in [0.3, 0.4) is 0 Å². The summed E-state index contributed by atoms with van der Waals surface area (Å²) in [5, 5.41) is 19.1. The average Bonchev–Trinajstić information content (AvgIpc) is 2.88. The van der Waals surface area contributed by atoms with E-state index in [9.17, 15) is 23.1 Å². The molecule has 0 aromatic heterocycles. The van der Waals surface area contributed by atoms with Crippen LogP contribution in [0, 0.1) is 0 Å². The number of hydrogen-bond acceptors (Lipinski definition) is 6. The number of hydrogen-bond donors (Lipinski definition) is 5. The van der Waals surface area contributed by atoms with Gasteiger partial charge in [0.1, 0.15) is 12.3 Å². The van der Waals surface area contributed by atoms with Gasteiger partial charge in [-0.3, -0.25) is 4.79 Å².